The number of ether oxygens (including phenoxy) is 1. The van der Waals surface area contributed by atoms with Crippen LogP contribution in [-0.4, -0.2) is 55.2 Å². The summed E-state index contributed by atoms with van der Waals surface area (Å²) in [5.74, 6) is 0.501. The van der Waals surface area contributed by atoms with Crippen molar-refractivity contribution >= 4 is 17.3 Å². The topological polar surface area (TPSA) is 75.8 Å². The number of hydrogen-bond acceptors (Lipinski definition) is 5. The van der Waals surface area contributed by atoms with Gasteiger partial charge in [0, 0.05) is 30.1 Å². The quantitative estimate of drug-likeness (QED) is 0.442. The summed E-state index contributed by atoms with van der Waals surface area (Å²) in [4.78, 5) is 12.7. The molecule has 140 valence electrons. The average Bonchev–Trinajstić information content (AvgIpc) is 3.06. The van der Waals surface area contributed by atoms with Crippen molar-refractivity contribution in [3.05, 3.63) is 40.9 Å². The predicted octanol–water partition coefficient (Wildman–Crippen LogP) is 2.25. The van der Waals surface area contributed by atoms with Crippen LogP contribution >= 0.6 is 11.3 Å². The van der Waals surface area contributed by atoms with E-state index in [0.29, 0.717) is 12.5 Å². The lowest BCUT2D eigenvalue weighted by Crippen LogP contribution is -2.39. The summed E-state index contributed by atoms with van der Waals surface area (Å²) >= 11 is 1.68. The number of aliphatic imine (C=N–C) groups is 1. The van der Waals surface area contributed by atoms with Crippen LogP contribution in [0.15, 0.2) is 35.3 Å². The van der Waals surface area contributed by atoms with Gasteiger partial charge in [0.2, 0.25) is 0 Å². The number of guanidine groups is 1. The second kappa shape index (κ2) is 9.66. The van der Waals surface area contributed by atoms with Crippen molar-refractivity contribution in [3.8, 4) is 10.6 Å². The fourth-order valence-corrected chi connectivity index (χ4v) is 3.83. The maximum Gasteiger partial charge on any atom is 0.188 e. The molecule has 0 bridgehead atoms. The number of morpholine rings is 1. The first-order valence-corrected chi connectivity index (χ1v) is 9.89. The van der Waals surface area contributed by atoms with Crippen LogP contribution in [0.2, 0.25) is 0 Å². The van der Waals surface area contributed by atoms with Gasteiger partial charge in [-0.15, -0.1) is 11.3 Å². The first kappa shape index (κ1) is 18.8. The third-order valence-corrected chi connectivity index (χ3v) is 5.56. The van der Waals surface area contributed by atoms with Crippen molar-refractivity contribution < 1.29 is 4.74 Å². The number of hydrogen-bond donors (Lipinski definition) is 2. The molecule has 1 aliphatic rings. The first-order chi connectivity index (χ1) is 12.7. The number of aryl methyl sites for hydroxylation is 1. The Hall–Kier alpha value is -1.96. The number of nitrogens with zero attached hydrogens (tertiary/aromatic N) is 3. The van der Waals surface area contributed by atoms with Crippen LogP contribution in [0.3, 0.4) is 0 Å². The Balaban J connectivity index is 1.44. The van der Waals surface area contributed by atoms with E-state index in [1.54, 1.807) is 11.3 Å². The molecular formula is C19H27N5OS. The molecule has 1 fully saturated rings. The minimum absolute atomic E-state index is 0.501. The van der Waals surface area contributed by atoms with E-state index in [2.05, 4.69) is 32.3 Å². The number of nitrogens with one attached hydrogen (secondary N) is 1. The smallest absolute Gasteiger partial charge is 0.188 e. The zero-order valence-corrected chi connectivity index (χ0v) is 16.1. The molecule has 2 aromatic rings. The summed E-state index contributed by atoms with van der Waals surface area (Å²) in [6.07, 6.45) is 1.05. The molecule has 0 aliphatic carbocycles. The summed E-state index contributed by atoms with van der Waals surface area (Å²) in [7, 11) is 0. The molecule has 3 N–H and O–H groups in total. The van der Waals surface area contributed by atoms with E-state index in [-0.39, 0.29) is 0 Å². The van der Waals surface area contributed by atoms with E-state index >= 15 is 0 Å². The van der Waals surface area contributed by atoms with Crippen LogP contribution in [0.1, 0.15) is 17.0 Å². The highest BCUT2D eigenvalue weighted by molar-refractivity contribution is 7.15. The molecule has 26 heavy (non-hydrogen) atoms. The van der Waals surface area contributed by atoms with E-state index in [1.165, 1.54) is 0 Å². The van der Waals surface area contributed by atoms with Crippen molar-refractivity contribution in [2.45, 2.75) is 19.9 Å². The summed E-state index contributed by atoms with van der Waals surface area (Å²) in [5, 5.41) is 4.24. The summed E-state index contributed by atoms with van der Waals surface area (Å²) in [6, 6.07) is 10.2. The highest BCUT2D eigenvalue weighted by Gasteiger charge is 2.10. The van der Waals surface area contributed by atoms with E-state index < -0.39 is 0 Å². The lowest BCUT2D eigenvalue weighted by molar-refractivity contribution is 0.0376. The minimum atomic E-state index is 0.501. The third kappa shape index (κ3) is 5.52. The number of rotatable bonds is 7. The fraction of sp³-hybridized carbons (Fsp3) is 0.474. The zero-order chi connectivity index (χ0) is 18.2. The third-order valence-electron chi connectivity index (χ3n) is 4.37. The molecule has 0 spiro atoms. The van der Waals surface area contributed by atoms with Gasteiger partial charge < -0.3 is 15.8 Å². The molecule has 0 atom stereocenters. The van der Waals surface area contributed by atoms with Gasteiger partial charge in [-0.3, -0.25) is 4.90 Å². The maximum atomic E-state index is 6.00. The highest BCUT2D eigenvalue weighted by Crippen LogP contribution is 2.28. The molecule has 1 saturated heterocycles. The molecule has 7 heteroatoms. The van der Waals surface area contributed by atoms with Gasteiger partial charge in [0.25, 0.3) is 0 Å². The van der Waals surface area contributed by atoms with E-state index in [1.807, 2.05) is 25.1 Å². The van der Waals surface area contributed by atoms with Gasteiger partial charge in [0.1, 0.15) is 5.01 Å². The monoisotopic (exact) mass is 373 g/mol. The second-order valence-corrected chi connectivity index (χ2v) is 7.41. The van der Waals surface area contributed by atoms with Crippen LogP contribution in [0.25, 0.3) is 10.6 Å². The largest absolute Gasteiger partial charge is 0.379 e. The molecule has 3 rings (SSSR count). The lowest BCUT2D eigenvalue weighted by atomic mass is 10.2. The van der Waals surface area contributed by atoms with E-state index in [0.717, 1.165) is 67.0 Å². The van der Waals surface area contributed by atoms with Crippen molar-refractivity contribution in [1.29, 1.82) is 0 Å². The Kier molecular flexibility index (Phi) is 6.99. The van der Waals surface area contributed by atoms with Crippen molar-refractivity contribution in [3.63, 3.8) is 0 Å². The number of aromatic nitrogens is 1. The second-order valence-electron chi connectivity index (χ2n) is 6.33. The number of thiazole rings is 1. The van der Waals surface area contributed by atoms with Crippen LogP contribution in [0, 0.1) is 6.92 Å². The van der Waals surface area contributed by atoms with E-state index in [4.69, 9.17) is 10.5 Å². The van der Waals surface area contributed by atoms with Crippen molar-refractivity contribution in [2.24, 2.45) is 10.7 Å². The van der Waals surface area contributed by atoms with Gasteiger partial charge in [0.15, 0.2) is 5.96 Å². The summed E-state index contributed by atoms with van der Waals surface area (Å²) in [6.45, 7) is 8.24. The van der Waals surface area contributed by atoms with Crippen molar-refractivity contribution in [2.75, 3.05) is 39.4 Å². The SMILES string of the molecule is Cc1nc(-c2ccccc2)sc1CN=C(N)NCCCN1CCOCC1. The molecule has 6 nitrogen and oxygen atoms in total. The van der Waals surface area contributed by atoms with Gasteiger partial charge in [0.05, 0.1) is 25.5 Å². The minimum Gasteiger partial charge on any atom is -0.379 e. The molecule has 0 radical (unpaired) electrons. The van der Waals surface area contributed by atoms with Crippen LogP contribution in [0.4, 0.5) is 0 Å². The average molecular weight is 374 g/mol. The van der Waals surface area contributed by atoms with Crippen LogP contribution in [0.5, 0.6) is 0 Å². The molecule has 0 unspecified atom stereocenters. The Labute approximate surface area is 159 Å². The highest BCUT2D eigenvalue weighted by atomic mass is 32.1. The zero-order valence-electron chi connectivity index (χ0n) is 15.3. The van der Waals surface area contributed by atoms with Crippen molar-refractivity contribution in [1.82, 2.24) is 15.2 Å². The van der Waals surface area contributed by atoms with Gasteiger partial charge >= 0.3 is 0 Å². The Bertz CT molecular complexity index is 710. The van der Waals surface area contributed by atoms with Crippen LogP contribution < -0.4 is 11.1 Å². The van der Waals surface area contributed by atoms with Gasteiger partial charge in [-0.25, -0.2) is 9.98 Å². The first-order valence-electron chi connectivity index (χ1n) is 9.08. The van der Waals surface area contributed by atoms with E-state index in [9.17, 15) is 0 Å². The Morgan fingerprint density at radius 1 is 1.31 bits per heavy atom. The predicted molar refractivity (Wildman–Crippen MR) is 107 cm³/mol. The number of benzene rings is 1. The molecule has 0 amide bonds. The standard InChI is InChI=1S/C19H27N5OS/c1-15-17(26-18(23-15)16-6-3-2-4-7-16)14-22-19(20)21-8-5-9-24-10-12-25-13-11-24/h2-4,6-7H,5,8-14H2,1H3,(H3,20,21,22). The summed E-state index contributed by atoms with van der Waals surface area (Å²) < 4.78 is 5.36. The molecule has 1 aromatic heterocycles. The maximum absolute atomic E-state index is 6.00. The summed E-state index contributed by atoms with van der Waals surface area (Å²) in [5.41, 5.74) is 8.17. The molecular weight excluding hydrogens is 346 g/mol. The molecule has 2 heterocycles. The van der Waals surface area contributed by atoms with Gasteiger partial charge in [-0.2, -0.15) is 0 Å². The molecule has 1 aliphatic heterocycles. The Morgan fingerprint density at radius 2 is 2.08 bits per heavy atom. The van der Waals surface area contributed by atoms with Gasteiger partial charge in [-0.05, 0) is 19.9 Å². The lowest BCUT2D eigenvalue weighted by Gasteiger charge is -2.26. The molecule has 0 saturated carbocycles. The normalized spacial score (nSPS) is 16.0. The Morgan fingerprint density at radius 3 is 2.85 bits per heavy atom. The fourth-order valence-electron chi connectivity index (χ4n) is 2.84. The van der Waals surface area contributed by atoms with Crippen LogP contribution in [-0.2, 0) is 11.3 Å². The number of nitrogens with two attached hydrogens (primary N) is 1. The van der Waals surface area contributed by atoms with Gasteiger partial charge in [-0.1, -0.05) is 30.3 Å². The molecule has 1 aromatic carbocycles.